The minimum atomic E-state index is -0.0240. The maximum atomic E-state index is 13.4. The van der Waals surface area contributed by atoms with Gasteiger partial charge in [0.1, 0.15) is 12.4 Å². The van der Waals surface area contributed by atoms with Crippen molar-refractivity contribution in [1.29, 1.82) is 0 Å². The Bertz CT molecular complexity index is 1080. The number of nitrogens with zero attached hydrogens (tertiary/aromatic N) is 5. The van der Waals surface area contributed by atoms with E-state index in [-0.39, 0.29) is 5.91 Å². The van der Waals surface area contributed by atoms with Gasteiger partial charge in [0.2, 0.25) is 0 Å². The van der Waals surface area contributed by atoms with E-state index in [1.165, 1.54) is 19.3 Å². The Kier molecular flexibility index (Phi) is 6.67. The van der Waals surface area contributed by atoms with Crippen LogP contribution in [0.2, 0.25) is 0 Å². The van der Waals surface area contributed by atoms with Gasteiger partial charge in [0, 0.05) is 56.6 Å². The average molecular weight is 446 g/mol. The van der Waals surface area contributed by atoms with Gasteiger partial charge < -0.3 is 14.5 Å². The summed E-state index contributed by atoms with van der Waals surface area (Å²) in [6.45, 7) is 6.55. The van der Waals surface area contributed by atoms with Crippen LogP contribution in [0.3, 0.4) is 0 Å². The molecule has 0 N–H and O–H groups in total. The maximum absolute atomic E-state index is 13.4. The first-order valence-corrected chi connectivity index (χ1v) is 12.0. The number of anilines is 1. The Morgan fingerprint density at radius 3 is 2.24 bits per heavy atom. The number of aromatic nitrogens is 2. The van der Waals surface area contributed by atoms with Gasteiger partial charge in [0.25, 0.3) is 5.91 Å². The van der Waals surface area contributed by atoms with Gasteiger partial charge in [-0.15, -0.1) is 10.2 Å². The summed E-state index contributed by atoms with van der Waals surface area (Å²) in [4.78, 5) is 19.9. The third-order valence-corrected chi connectivity index (χ3v) is 6.60. The molecule has 33 heavy (non-hydrogen) atoms. The number of piperidine rings is 1. The quantitative estimate of drug-likeness (QED) is 0.579. The second-order valence-electron chi connectivity index (χ2n) is 8.76. The van der Waals surface area contributed by atoms with Crippen molar-refractivity contribution in [2.45, 2.75) is 19.3 Å². The highest BCUT2D eigenvalue weighted by molar-refractivity contribution is 6.07. The van der Waals surface area contributed by atoms with E-state index in [0.29, 0.717) is 25.4 Å². The summed E-state index contributed by atoms with van der Waals surface area (Å²) in [6, 6.07) is 17.9. The van der Waals surface area contributed by atoms with E-state index in [2.05, 4.69) is 26.1 Å². The first-order chi connectivity index (χ1) is 16.3. The van der Waals surface area contributed by atoms with Crippen LogP contribution in [0.5, 0.6) is 5.75 Å². The normalized spacial score (nSPS) is 17.3. The molecule has 2 fully saturated rings. The predicted molar refractivity (Wildman–Crippen MR) is 130 cm³/mol. The highest BCUT2D eigenvalue weighted by atomic mass is 16.5. The van der Waals surface area contributed by atoms with Gasteiger partial charge in [-0.05, 0) is 31.4 Å². The molecule has 2 aromatic carbocycles. The second-order valence-corrected chi connectivity index (χ2v) is 8.76. The minimum absolute atomic E-state index is 0.0240. The molecule has 0 spiro atoms. The molecule has 3 aromatic rings. The molecule has 3 heterocycles. The molecule has 1 amide bonds. The van der Waals surface area contributed by atoms with Gasteiger partial charge in [-0.3, -0.25) is 9.69 Å². The number of benzene rings is 2. The lowest BCUT2D eigenvalue weighted by molar-refractivity contribution is 0.0615. The number of amides is 1. The molecular formula is C26H31N5O2. The fourth-order valence-corrected chi connectivity index (χ4v) is 4.72. The SMILES string of the molecule is O=C(c1nnc(N2CCCCC2)c2ccccc12)N1CCN(CCOc2ccccc2)CC1. The summed E-state index contributed by atoms with van der Waals surface area (Å²) < 4.78 is 5.82. The summed E-state index contributed by atoms with van der Waals surface area (Å²) in [6.07, 6.45) is 3.62. The molecule has 2 saturated heterocycles. The summed E-state index contributed by atoms with van der Waals surface area (Å²) in [5, 5.41) is 10.9. The van der Waals surface area contributed by atoms with Crippen LogP contribution in [-0.4, -0.2) is 78.3 Å². The lowest BCUT2D eigenvalue weighted by Crippen LogP contribution is -2.49. The number of ether oxygens (including phenoxy) is 1. The molecule has 5 rings (SSSR count). The number of fused-ring (bicyclic) bond motifs is 1. The lowest BCUT2D eigenvalue weighted by Gasteiger charge is -2.34. The predicted octanol–water partition coefficient (Wildman–Crippen LogP) is 3.46. The molecule has 0 unspecified atom stereocenters. The molecule has 7 nitrogen and oxygen atoms in total. The summed E-state index contributed by atoms with van der Waals surface area (Å²) in [7, 11) is 0. The summed E-state index contributed by atoms with van der Waals surface area (Å²) in [5.74, 6) is 1.78. The van der Waals surface area contributed by atoms with Crippen molar-refractivity contribution in [2.75, 3.05) is 57.3 Å². The number of carbonyl (C=O) groups is 1. The van der Waals surface area contributed by atoms with Crippen molar-refractivity contribution in [3.8, 4) is 5.75 Å². The van der Waals surface area contributed by atoms with Crippen LogP contribution in [0.15, 0.2) is 54.6 Å². The fourth-order valence-electron chi connectivity index (χ4n) is 4.72. The van der Waals surface area contributed by atoms with Gasteiger partial charge in [-0.2, -0.15) is 0 Å². The highest BCUT2D eigenvalue weighted by Gasteiger charge is 2.26. The van der Waals surface area contributed by atoms with Crippen LogP contribution in [0.4, 0.5) is 5.82 Å². The molecule has 1 aromatic heterocycles. The molecular weight excluding hydrogens is 414 g/mol. The Labute approximate surface area is 195 Å². The van der Waals surface area contributed by atoms with E-state index in [4.69, 9.17) is 4.74 Å². The third-order valence-electron chi connectivity index (χ3n) is 6.60. The molecule has 0 radical (unpaired) electrons. The van der Waals surface area contributed by atoms with Crippen molar-refractivity contribution >= 4 is 22.5 Å². The maximum Gasteiger partial charge on any atom is 0.275 e. The smallest absolute Gasteiger partial charge is 0.275 e. The molecule has 0 bridgehead atoms. The zero-order chi connectivity index (χ0) is 22.5. The number of carbonyl (C=O) groups excluding carboxylic acids is 1. The average Bonchev–Trinajstić information content (AvgIpc) is 2.89. The number of hydrogen-bond acceptors (Lipinski definition) is 6. The van der Waals surface area contributed by atoms with E-state index in [1.54, 1.807) is 0 Å². The van der Waals surface area contributed by atoms with E-state index < -0.39 is 0 Å². The van der Waals surface area contributed by atoms with E-state index >= 15 is 0 Å². The fraction of sp³-hybridized carbons (Fsp3) is 0.423. The Morgan fingerprint density at radius 1 is 0.788 bits per heavy atom. The van der Waals surface area contributed by atoms with E-state index in [0.717, 1.165) is 55.1 Å². The Balaban J connectivity index is 1.22. The molecule has 0 saturated carbocycles. The molecule has 0 atom stereocenters. The zero-order valence-electron chi connectivity index (χ0n) is 19.0. The Hall–Kier alpha value is -3.19. The lowest BCUT2D eigenvalue weighted by atomic mass is 10.1. The van der Waals surface area contributed by atoms with Crippen LogP contribution >= 0.6 is 0 Å². The van der Waals surface area contributed by atoms with Crippen LogP contribution in [0, 0.1) is 0 Å². The molecule has 2 aliphatic heterocycles. The van der Waals surface area contributed by atoms with Gasteiger partial charge in [-0.25, -0.2) is 0 Å². The van der Waals surface area contributed by atoms with Gasteiger partial charge in [-0.1, -0.05) is 42.5 Å². The molecule has 0 aliphatic carbocycles. The van der Waals surface area contributed by atoms with Gasteiger partial charge >= 0.3 is 0 Å². The second kappa shape index (κ2) is 10.2. The van der Waals surface area contributed by atoms with E-state index in [1.807, 2.05) is 53.4 Å². The van der Waals surface area contributed by atoms with Crippen molar-refractivity contribution in [3.05, 3.63) is 60.3 Å². The van der Waals surface area contributed by atoms with Crippen molar-refractivity contribution < 1.29 is 9.53 Å². The molecule has 7 heteroatoms. The van der Waals surface area contributed by atoms with Crippen molar-refractivity contribution in [2.24, 2.45) is 0 Å². The van der Waals surface area contributed by atoms with E-state index in [9.17, 15) is 4.79 Å². The minimum Gasteiger partial charge on any atom is -0.492 e. The largest absolute Gasteiger partial charge is 0.492 e. The number of hydrogen-bond donors (Lipinski definition) is 0. The van der Waals surface area contributed by atoms with Crippen molar-refractivity contribution in [3.63, 3.8) is 0 Å². The van der Waals surface area contributed by atoms with Gasteiger partial charge in [0.15, 0.2) is 11.5 Å². The summed E-state index contributed by atoms with van der Waals surface area (Å²) >= 11 is 0. The standard InChI is InChI=1S/C26H31N5O2/c32-26(31-17-15-29(16-18-31)19-20-33-21-9-3-1-4-10-21)24-22-11-5-6-12-23(22)25(28-27-24)30-13-7-2-8-14-30/h1,3-6,9-12H,2,7-8,13-20H2. The molecule has 172 valence electrons. The number of piperazine rings is 1. The monoisotopic (exact) mass is 445 g/mol. The highest BCUT2D eigenvalue weighted by Crippen LogP contribution is 2.28. The van der Waals surface area contributed by atoms with Crippen LogP contribution < -0.4 is 9.64 Å². The summed E-state index contributed by atoms with van der Waals surface area (Å²) in [5.41, 5.74) is 0.465. The molecule has 2 aliphatic rings. The first kappa shape index (κ1) is 21.6. The van der Waals surface area contributed by atoms with Crippen molar-refractivity contribution in [1.82, 2.24) is 20.0 Å². The van der Waals surface area contributed by atoms with Crippen LogP contribution in [0.25, 0.3) is 10.8 Å². The number of rotatable bonds is 6. The third kappa shape index (κ3) is 4.93. The Morgan fingerprint density at radius 2 is 1.48 bits per heavy atom. The van der Waals surface area contributed by atoms with Crippen LogP contribution in [0.1, 0.15) is 29.8 Å². The zero-order valence-corrected chi connectivity index (χ0v) is 19.0. The first-order valence-electron chi connectivity index (χ1n) is 12.0. The number of para-hydroxylation sites is 1. The van der Waals surface area contributed by atoms with Crippen LogP contribution in [-0.2, 0) is 0 Å². The van der Waals surface area contributed by atoms with Gasteiger partial charge in [0.05, 0.1) is 0 Å². The topological polar surface area (TPSA) is 61.8 Å².